The Kier molecular flexibility index (Phi) is 8.54. The average Bonchev–Trinajstić information content (AvgIpc) is 3.58. The maximum absolute atomic E-state index is 2.68. The molecule has 4 aliphatic carbocycles. The van der Waals surface area contributed by atoms with Crippen LogP contribution in [0.5, 0.6) is 0 Å². The summed E-state index contributed by atoms with van der Waals surface area (Å²) in [5, 5.41) is 0. The minimum atomic E-state index is -0.303. The lowest BCUT2D eigenvalue weighted by atomic mass is 9.63. The van der Waals surface area contributed by atoms with Crippen molar-refractivity contribution in [3.8, 4) is 11.1 Å². The summed E-state index contributed by atoms with van der Waals surface area (Å²) >= 11 is 0. The van der Waals surface area contributed by atoms with Gasteiger partial charge >= 0.3 is 0 Å². The van der Waals surface area contributed by atoms with Crippen LogP contribution in [0.15, 0.2) is 162 Å². The molecule has 0 saturated carbocycles. The van der Waals surface area contributed by atoms with Gasteiger partial charge in [-0.25, -0.2) is 0 Å². The molecule has 0 saturated heterocycles. The number of allylic oxidation sites excluding steroid dienone is 10. The fourth-order valence-electron chi connectivity index (χ4n) is 10.6. The summed E-state index contributed by atoms with van der Waals surface area (Å²) in [7, 11) is 0. The number of hydrogen-bond acceptors (Lipinski definition) is 0. The van der Waals surface area contributed by atoms with Crippen molar-refractivity contribution in [3.05, 3.63) is 190 Å². The van der Waals surface area contributed by atoms with E-state index in [0.29, 0.717) is 0 Å². The van der Waals surface area contributed by atoms with E-state index in [0.717, 1.165) is 25.7 Å². The second-order valence-corrected chi connectivity index (χ2v) is 15.3. The molecule has 0 nitrogen and oxygen atoms in total. The van der Waals surface area contributed by atoms with Crippen molar-refractivity contribution in [2.75, 3.05) is 0 Å². The second kappa shape index (κ2) is 13.0. The van der Waals surface area contributed by atoms with Crippen LogP contribution in [-0.2, 0) is 10.8 Å². The van der Waals surface area contributed by atoms with Gasteiger partial charge in [0, 0.05) is 16.7 Å². The predicted molar refractivity (Wildman–Crippen MR) is 213 cm³/mol. The van der Waals surface area contributed by atoms with Gasteiger partial charge < -0.3 is 0 Å². The van der Waals surface area contributed by atoms with Crippen LogP contribution in [0.2, 0.25) is 0 Å². The zero-order chi connectivity index (χ0) is 34.3. The zero-order valence-electron chi connectivity index (χ0n) is 30.5. The van der Waals surface area contributed by atoms with E-state index in [4.69, 9.17) is 0 Å². The first-order valence-electron chi connectivity index (χ1n) is 19.5. The molecule has 0 fully saturated rings. The Bertz CT molecular complexity index is 1990. The molecule has 1 atom stereocenters. The molecule has 4 aromatic rings. The largest absolute Gasteiger partial charge is 0.0726 e. The number of benzene rings is 4. The van der Waals surface area contributed by atoms with E-state index in [2.05, 4.69) is 167 Å². The Morgan fingerprint density at radius 3 is 1.72 bits per heavy atom. The lowest BCUT2D eigenvalue weighted by Crippen LogP contribution is -2.30. The molecule has 0 aromatic heterocycles. The first-order chi connectivity index (χ1) is 24.5. The van der Waals surface area contributed by atoms with E-state index in [1.54, 1.807) is 16.7 Å². The molecule has 4 aromatic carbocycles. The summed E-state index contributed by atoms with van der Waals surface area (Å²) in [6, 6.07) is 39.1. The molecule has 50 heavy (non-hydrogen) atoms. The maximum atomic E-state index is 2.68. The van der Waals surface area contributed by atoms with Gasteiger partial charge in [0.25, 0.3) is 0 Å². The first kappa shape index (κ1) is 32.8. The van der Waals surface area contributed by atoms with Crippen LogP contribution in [0.3, 0.4) is 0 Å². The van der Waals surface area contributed by atoms with Crippen molar-refractivity contribution in [1.82, 2.24) is 0 Å². The van der Waals surface area contributed by atoms with E-state index in [1.165, 1.54) is 70.2 Å². The molecular weight excluding hydrogens is 601 g/mol. The Balaban J connectivity index is 1.28. The summed E-state index contributed by atoms with van der Waals surface area (Å²) in [5.74, 6) is 0.259. The van der Waals surface area contributed by atoms with Gasteiger partial charge in [-0.2, -0.15) is 0 Å². The van der Waals surface area contributed by atoms with E-state index in [9.17, 15) is 0 Å². The van der Waals surface area contributed by atoms with Crippen molar-refractivity contribution in [3.63, 3.8) is 0 Å². The van der Waals surface area contributed by atoms with Crippen LogP contribution in [0.4, 0.5) is 0 Å². The number of fused-ring (bicyclic) bond motifs is 5. The number of hydrogen-bond donors (Lipinski definition) is 0. The minimum absolute atomic E-state index is 0.00209. The molecule has 8 rings (SSSR count). The predicted octanol–water partition coefficient (Wildman–Crippen LogP) is 13.5. The van der Waals surface area contributed by atoms with Crippen molar-refractivity contribution in [2.24, 2.45) is 5.41 Å². The summed E-state index contributed by atoms with van der Waals surface area (Å²) in [5.41, 5.74) is 15.9. The SMILES string of the molecule is CCCC1(CCC)C2=CC(c3ccc4c(c3)C(CCC)(CCC)c3ccccc3-4)C=CC2=C2C=CC(c3ccccc3)(c3ccccc3)C=C21. The molecule has 1 unspecified atom stereocenters. The molecule has 0 radical (unpaired) electrons. The molecule has 0 heteroatoms. The topological polar surface area (TPSA) is 0 Å². The van der Waals surface area contributed by atoms with E-state index < -0.39 is 0 Å². The summed E-state index contributed by atoms with van der Waals surface area (Å²) in [6.45, 7) is 9.48. The Morgan fingerprint density at radius 1 is 0.520 bits per heavy atom. The fourth-order valence-corrected chi connectivity index (χ4v) is 10.6. The molecule has 0 N–H and O–H groups in total. The van der Waals surface area contributed by atoms with E-state index in [-0.39, 0.29) is 22.2 Å². The summed E-state index contributed by atoms with van der Waals surface area (Å²) in [4.78, 5) is 0. The highest BCUT2D eigenvalue weighted by Crippen LogP contribution is 2.62. The molecule has 4 aliphatic rings. The highest BCUT2D eigenvalue weighted by Gasteiger charge is 2.49. The lowest BCUT2D eigenvalue weighted by Gasteiger charge is -2.40. The van der Waals surface area contributed by atoms with Gasteiger partial charge in [0.15, 0.2) is 0 Å². The third-order valence-electron chi connectivity index (χ3n) is 12.5. The Hall–Kier alpha value is -4.42. The summed E-state index contributed by atoms with van der Waals surface area (Å²) < 4.78 is 0. The number of rotatable bonds is 11. The van der Waals surface area contributed by atoms with Crippen LogP contribution < -0.4 is 0 Å². The van der Waals surface area contributed by atoms with Crippen molar-refractivity contribution < 1.29 is 0 Å². The van der Waals surface area contributed by atoms with Crippen molar-refractivity contribution in [1.29, 1.82) is 0 Å². The van der Waals surface area contributed by atoms with Crippen LogP contribution in [0.25, 0.3) is 11.1 Å². The van der Waals surface area contributed by atoms with E-state index in [1.807, 2.05) is 0 Å². The van der Waals surface area contributed by atoms with Crippen LogP contribution >= 0.6 is 0 Å². The normalized spacial score (nSPS) is 20.1. The van der Waals surface area contributed by atoms with Crippen LogP contribution in [0.1, 0.15) is 113 Å². The highest BCUT2D eigenvalue weighted by atomic mass is 14.5. The van der Waals surface area contributed by atoms with Crippen molar-refractivity contribution >= 4 is 0 Å². The van der Waals surface area contributed by atoms with Crippen molar-refractivity contribution in [2.45, 2.75) is 95.8 Å². The molecule has 0 spiro atoms. The quantitative estimate of drug-likeness (QED) is 0.151. The molecule has 0 aliphatic heterocycles. The van der Waals surface area contributed by atoms with Gasteiger partial charge in [0.1, 0.15) is 0 Å². The molecule has 0 heterocycles. The van der Waals surface area contributed by atoms with E-state index >= 15 is 0 Å². The van der Waals surface area contributed by atoms with Gasteiger partial charge in [-0.1, -0.05) is 193 Å². The smallest absolute Gasteiger partial charge is 0.0572 e. The molecule has 252 valence electrons. The van der Waals surface area contributed by atoms with Gasteiger partial charge in [0.05, 0.1) is 5.41 Å². The summed E-state index contributed by atoms with van der Waals surface area (Å²) in [6.07, 6.45) is 24.7. The average molecular weight is 653 g/mol. The highest BCUT2D eigenvalue weighted by molar-refractivity contribution is 5.82. The minimum Gasteiger partial charge on any atom is -0.0726 e. The zero-order valence-corrected chi connectivity index (χ0v) is 30.5. The fraction of sp³-hybridized carbons (Fsp3) is 0.320. The monoisotopic (exact) mass is 652 g/mol. The third-order valence-corrected chi connectivity index (χ3v) is 12.5. The van der Waals surface area contributed by atoms with Gasteiger partial charge in [-0.15, -0.1) is 0 Å². The lowest BCUT2D eigenvalue weighted by molar-refractivity contribution is 0.371. The van der Waals surface area contributed by atoms with Crippen LogP contribution in [-0.4, -0.2) is 0 Å². The molecular formula is C50H52. The molecule has 0 amide bonds. The van der Waals surface area contributed by atoms with Gasteiger partial charge in [-0.3, -0.25) is 0 Å². The molecule has 0 bridgehead atoms. The first-order valence-corrected chi connectivity index (χ1v) is 19.5. The second-order valence-electron chi connectivity index (χ2n) is 15.3. The van der Waals surface area contributed by atoms with Gasteiger partial charge in [-0.05, 0) is 86.9 Å². The standard InChI is InChI=1S/C50H52/c1-5-28-48(29-6-2)44-22-16-15-21-40(44)41-25-23-36(33-45(41)48)37-24-26-42-43-27-32-50(38-17-11-9-12-18-38,39-19-13-10-14-20-39)35-47(43)49(30-7-3,31-8-4)46(42)34-37/h9-27,32-35,37H,5-8,28-31H2,1-4H3. The maximum Gasteiger partial charge on any atom is 0.0572 e. The third kappa shape index (κ3) is 4.85. The van der Waals surface area contributed by atoms with Gasteiger partial charge in [0.2, 0.25) is 0 Å². The van der Waals surface area contributed by atoms with Crippen LogP contribution in [0, 0.1) is 5.41 Å². The Morgan fingerprint density at radius 2 is 1.08 bits per heavy atom. The Labute approximate surface area is 301 Å².